The summed E-state index contributed by atoms with van der Waals surface area (Å²) < 4.78 is 5.78. The zero-order valence-electron chi connectivity index (χ0n) is 13.5. The van der Waals surface area contributed by atoms with Crippen molar-refractivity contribution in [3.63, 3.8) is 0 Å². The van der Waals surface area contributed by atoms with E-state index in [9.17, 15) is 0 Å². The zero-order valence-corrected chi connectivity index (χ0v) is 14.2. The number of hydrogen-bond donors (Lipinski definition) is 2. The molecule has 124 valence electrons. The molecule has 4 heteroatoms. The van der Waals surface area contributed by atoms with Crippen LogP contribution >= 0.6 is 11.6 Å². The SMILES string of the molecule is CC(COc1ccc(CCO)cc1)NCCc1cccc(Cl)c1. The van der Waals surface area contributed by atoms with Crippen molar-refractivity contribution in [3.8, 4) is 5.75 Å². The quantitative estimate of drug-likeness (QED) is 0.738. The van der Waals surface area contributed by atoms with E-state index in [1.54, 1.807) is 0 Å². The number of hydrogen-bond acceptors (Lipinski definition) is 3. The third kappa shape index (κ3) is 6.61. The van der Waals surface area contributed by atoms with Crippen LogP contribution in [-0.4, -0.2) is 30.9 Å². The number of halogens is 1. The fourth-order valence-electron chi connectivity index (χ4n) is 2.32. The van der Waals surface area contributed by atoms with Crippen LogP contribution < -0.4 is 10.1 Å². The van der Waals surface area contributed by atoms with E-state index in [1.165, 1.54) is 5.56 Å². The molecule has 1 atom stereocenters. The van der Waals surface area contributed by atoms with Crippen molar-refractivity contribution in [1.29, 1.82) is 0 Å². The molecule has 2 rings (SSSR count). The Morgan fingerprint density at radius 3 is 2.57 bits per heavy atom. The van der Waals surface area contributed by atoms with Gasteiger partial charge in [-0.25, -0.2) is 0 Å². The van der Waals surface area contributed by atoms with E-state index in [0.717, 1.165) is 29.3 Å². The first-order valence-corrected chi connectivity index (χ1v) is 8.35. The summed E-state index contributed by atoms with van der Waals surface area (Å²) in [6.45, 7) is 3.79. The highest BCUT2D eigenvalue weighted by atomic mass is 35.5. The highest BCUT2D eigenvalue weighted by Crippen LogP contribution is 2.13. The zero-order chi connectivity index (χ0) is 16.5. The van der Waals surface area contributed by atoms with Gasteiger partial charge in [0.2, 0.25) is 0 Å². The topological polar surface area (TPSA) is 41.5 Å². The van der Waals surface area contributed by atoms with Gasteiger partial charge < -0.3 is 15.2 Å². The van der Waals surface area contributed by atoms with Gasteiger partial charge in [0, 0.05) is 17.7 Å². The van der Waals surface area contributed by atoms with Gasteiger partial charge in [-0.3, -0.25) is 0 Å². The van der Waals surface area contributed by atoms with Crippen LogP contribution in [0.5, 0.6) is 5.75 Å². The lowest BCUT2D eigenvalue weighted by Gasteiger charge is -2.15. The predicted octanol–water partition coefficient (Wildman–Crippen LogP) is 3.47. The van der Waals surface area contributed by atoms with Gasteiger partial charge in [-0.1, -0.05) is 35.9 Å². The second-order valence-corrected chi connectivity index (χ2v) is 6.10. The van der Waals surface area contributed by atoms with Crippen molar-refractivity contribution < 1.29 is 9.84 Å². The summed E-state index contributed by atoms with van der Waals surface area (Å²) in [5.74, 6) is 0.857. The maximum Gasteiger partial charge on any atom is 0.119 e. The smallest absolute Gasteiger partial charge is 0.119 e. The van der Waals surface area contributed by atoms with Gasteiger partial charge in [0.1, 0.15) is 12.4 Å². The van der Waals surface area contributed by atoms with Crippen molar-refractivity contribution in [2.45, 2.75) is 25.8 Å². The first-order chi connectivity index (χ1) is 11.2. The van der Waals surface area contributed by atoms with Gasteiger partial charge in [0.05, 0.1) is 0 Å². The highest BCUT2D eigenvalue weighted by molar-refractivity contribution is 6.30. The minimum Gasteiger partial charge on any atom is -0.492 e. The van der Waals surface area contributed by atoms with Crippen LogP contribution in [0.1, 0.15) is 18.1 Å². The number of nitrogens with one attached hydrogen (secondary N) is 1. The molecule has 2 N–H and O–H groups in total. The maximum atomic E-state index is 8.90. The fourth-order valence-corrected chi connectivity index (χ4v) is 2.53. The summed E-state index contributed by atoms with van der Waals surface area (Å²) in [6.07, 6.45) is 1.63. The molecule has 0 aliphatic rings. The molecule has 23 heavy (non-hydrogen) atoms. The minimum atomic E-state index is 0.174. The van der Waals surface area contributed by atoms with E-state index in [-0.39, 0.29) is 12.6 Å². The first-order valence-electron chi connectivity index (χ1n) is 7.98. The van der Waals surface area contributed by atoms with Crippen molar-refractivity contribution in [3.05, 3.63) is 64.7 Å². The Hall–Kier alpha value is -1.55. The van der Waals surface area contributed by atoms with Crippen molar-refractivity contribution in [1.82, 2.24) is 5.32 Å². The molecular weight excluding hydrogens is 310 g/mol. The van der Waals surface area contributed by atoms with E-state index in [2.05, 4.69) is 18.3 Å². The van der Waals surface area contributed by atoms with Gasteiger partial charge in [-0.15, -0.1) is 0 Å². The Kier molecular flexibility index (Phi) is 7.40. The van der Waals surface area contributed by atoms with Gasteiger partial charge >= 0.3 is 0 Å². The Bertz CT molecular complexity index is 586. The third-order valence-electron chi connectivity index (χ3n) is 3.62. The lowest BCUT2D eigenvalue weighted by Crippen LogP contribution is -2.33. The maximum absolute atomic E-state index is 8.90. The Morgan fingerprint density at radius 1 is 1.09 bits per heavy atom. The highest BCUT2D eigenvalue weighted by Gasteiger charge is 2.03. The lowest BCUT2D eigenvalue weighted by molar-refractivity contribution is 0.273. The largest absolute Gasteiger partial charge is 0.492 e. The molecule has 0 amide bonds. The molecule has 0 aromatic heterocycles. The van der Waals surface area contributed by atoms with Crippen LogP contribution in [0, 0.1) is 0 Å². The fraction of sp³-hybridized carbons (Fsp3) is 0.368. The van der Waals surface area contributed by atoms with E-state index >= 15 is 0 Å². The normalized spacial score (nSPS) is 12.1. The second-order valence-electron chi connectivity index (χ2n) is 5.66. The van der Waals surface area contributed by atoms with Gasteiger partial charge in [-0.05, 0) is 61.7 Å². The summed E-state index contributed by atoms with van der Waals surface area (Å²) in [7, 11) is 0. The Morgan fingerprint density at radius 2 is 1.87 bits per heavy atom. The van der Waals surface area contributed by atoms with Crippen LogP contribution in [-0.2, 0) is 12.8 Å². The third-order valence-corrected chi connectivity index (χ3v) is 3.85. The van der Waals surface area contributed by atoms with Crippen LogP contribution in [0.2, 0.25) is 5.02 Å². The summed E-state index contributed by atoms with van der Waals surface area (Å²) >= 11 is 5.98. The average molecular weight is 334 g/mol. The van der Waals surface area contributed by atoms with Gasteiger partial charge in [0.25, 0.3) is 0 Å². The molecular formula is C19H24ClNO2. The molecule has 0 radical (unpaired) electrons. The number of benzene rings is 2. The molecule has 0 fully saturated rings. The standard InChI is InChI=1S/C19H24ClNO2/c1-15(21-11-9-17-3-2-4-18(20)13-17)14-23-19-7-5-16(6-8-19)10-12-22/h2-8,13,15,21-22H,9-12,14H2,1H3. The lowest BCUT2D eigenvalue weighted by atomic mass is 10.1. The second kappa shape index (κ2) is 9.56. The number of aliphatic hydroxyl groups excluding tert-OH is 1. The molecule has 0 saturated heterocycles. The molecule has 0 aliphatic heterocycles. The molecule has 0 bridgehead atoms. The monoisotopic (exact) mass is 333 g/mol. The van der Waals surface area contributed by atoms with Crippen LogP contribution in [0.3, 0.4) is 0 Å². The summed E-state index contributed by atoms with van der Waals surface area (Å²) in [6, 6.07) is 16.1. The number of aliphatic hydroxyl groups is 1. The molecule has 2 aromatic rings. The molecule has 0 heterocycles. The number of rotatable bonds is 9. The average Bonchev–Trinajstić information content (AvgIpc) is 2.55. The van der Waals surface area contributed by atoms with Crippen molar-refractivity contribution >= 4 is 11.6 Å². The predicted molar refractivity (Wildman–Crippen MR) is 95.3 cm³/mol. The number of ether oxygens (including phenoxy) is 1. The summed E-state index contributed by atoms with van der Waals surface area (Å²) in [5.41, 5.74) is 2.35. The Balaban J connectivity index is 1.67. The molecule has 0 saturated carbocycles. The van der Waals surface area contributed by atoms with Crippen LogP contribution in [0.4, 0.5) is 0 Å². The van der Waals surface area contributed by atoms with Crippen molar-refractivity contribution in [2.24, 2.45) is 0 Å². The summed E-state index contributed by atoms with van der Waals surface area (Å²) in [4.78, 5) is 0. The Labute approximate surface area is 143 Å². The van der Waals surface area contributed by atoms with Crippen LogP contribution in [0.25, 0.3) is 0 Å². The van der Waals surface area contributed by atoms with E-state index in [0.29, 0.717) is 13.0 Å². The molecule has 3 nitrogen and oxygen atoms in total. The molecule has 0 aliphatic carbocycles. The van der Waals surface area contributed by atoms with E-state index < -0.39 is 0 Å². The molecule has 1 unspecified atom stereocenters. The first kappa shape index (κ1) is 17.8. The van der Waals surface area contributed by atoms with Gasteiger partial charge in [-0.2, -0.15) is 0 Å². The van der Waals surface area contributed by atoms with Crippen LogP contribution in [0.15, 0.2) is 48.5 Å². The van der Waals surface area contributed by atoms with E-state index in [1.807, 2.05) is 42.5 Å². The molecule has 2 aromatic carbocycles. The van der Waals surface area contributed by atoms with Gasteiger partial charge in [0.15, 0.2) is 0 Å². The van der Waals surface area contributed by atoms with Crippen molar-refractivity contribution in [2.75, 3.05) is 19.8 Å². The molecule has 0 spiro atoms. The minimum absolute atomic E-state index is 0.174. The van der Waals surface area contributed by atoms with E-state index in [4.69, 9.17) is 21.4 Å². The summed E-state index contributed by atoms with van der Waals surface area (Å²) in [5, 5.41) is 13.1.